The van der Waals surface area contributed by atoms with E-state index in [2.05, 4.69) is 21.4 Å². The number of hydrogen-bond acceptors (Lipinski definition) is 5. The van der Waals surface area contributed by atoms with Crippen LogP contribution in [0.15, 0.2) is 41.9 Å². The molecule has 0 spiro atoms. The van der Waals surface area contributed by atoms with E-state index in [1.54, 1.807) is 6.20 Å². The minimum atomic E-state index is -0.169. The molecular weight excluding hydrogens is 346 g/mol. The highest BCUT2D eigenvalue weighted by molar-refractivity contribution is 7.13. The third kappa shape index (κ3) is 4.26. The first kappa shape index (κ1) is 18.1. The fourth-order valence-corrected chi connectivity index (χ4v) is 3.32. The molecule has 0 fully saturated rings. The number of nitrogens with one attached hydrogen (secondary N) is 1. The van der Waals surface area contributed by atoms with E-state index in [0.29, 0.717) is 6.54 Å². The van der Waals surface area contributed by atoms with Gasteiger partial charge in [-0.25, -0.2) is 4.98 Å². The second kappa shape index (κ2) is 8.10. The molecule has 1 aromatic carbocycles. The monoisotopic (exact) mass is 367 g/mol. The van der Waals surface area contributed by atoms with Gasteiger partial charge in [-0.05, 0) is 49.6 Å². The van der Waals surface area contributed by atoms with Crippen LogP contribution in [0.2, 0.25) is 0 Å². The lowest BCUT2D eigenvalue weighted by Gasteiger charge is -2.13. The molecule has 0 aliphatic heterocycles. The Morgan fingerprint density at radius 2 is 1.96 bits per heavy atom. The van der Waals surface area contributed by atoms with Gasteiger partial charge in [-0.1, -0.05) is 18.2 Å². The molecule has 5 nitrogen and oxygen atoms in total. The zero-order chi connectivity index (χ0) is 18.5. The summed E-state index contributed by atoms with van der Waals surface area (Å²) in [5.41, 5.74) is 4.89. The standard InChI is InChI=1S/C20H21N3O2S/c1-13-7-8-14(2)19(15(13)3)25-11-18(24)22-10-16-12-26-20(23-16)17-6-4-5-9-21-17/h4-9,12H,10-11H2,1-3H3,(H,22,24). The molecule has 134 valence electrons. The molecule has 6 heteroatoms. The maximum Gasteiger partial charge on any atom is 0.258 e. The van der Waals surface area contributed by atoms with Crippen LogP contribution in [0, 0.1) is 20.8 Å². The highest BCUT2D eigenvalue weighted by Crippen LogP contribution is 2.25. The lowest BCUT2D eigenvalue weighted by molar-refractivity contribution is -0.123. The summed E-state index contributed by atoms with van der Waals surface area (Å²) >= 11 is 1.51. The summed E-state index contributed by atoms with van der Waals surface area (Å²) in [6, 6.07) is 9.78. The van der Waals surface area contributed by atoms with Crippen molar-refractivity contribution >= 4 is 17.2 Å². The Morgan fingerprint density at radius 1 is 1.15 bits per heavy atom. The number of carbonyl (C=O) groups is 1. The van der Waals surface area contributed by atoms with E-state index in [1.165, 1.54) is 11.3 Å². The van der Waals surface area contributed by atoms with Crippen LogP contribution in [-0.4, -0.2) is 22.5 Å². The summed E-state index contributed by atoms with van der Waals surface area (Å²) in [7, 11) is 0. The Bertz CT molecular complexity index is 907. The highest BCUT2D eigenvalue weighted by Gasteiger charge is 2.10. The maximum atomic E-state index is 12.1. The fourth-order valence-electron chi connectivity index (χ4n) is 2.52. The number of ether oxygens (including phenoxy) is 1. The molecule has 0 bridgehead atoms. The predicted octanol–water partition coefficient (Wildman–Crippen LogP) is 3.83. The lowest BCUT2D eigenvalue weighted by Crippen LogP contribution is -2.28. The zero-order valence-electron chi connectivity index (χ0n) is 15.1. The molecule has 26 heavy (non-hydrogen) atoms. The Balaban J connectivity index is 1.54. The largest absolute Gasteiger partial charge is 0.483 e. The summed E-state index contributed by atoms with van der Waals surface area (Å²) in [5.74, 6) is 0.615. The van der Waals surface area contributed by atoms with E-state index in [-0.39, 0.29) is 12.5 Å². The number of hydrogen-bond donors (Lipinski definition) is 1. The van der Waals surface area contributed by atoms with Crippen molar-refractivity contribution in [1.29, 1.82) is 0 Å². The molecule has 0 saturated carbocycles. The van der Waals surface area contributed by atoms with E-state index < -0.39 is 0 Å². The number of thiazole rings is 1. The molecule has 1 amide bonds. The third-order valence-corrected chi connectivity index (χ3v) is 5.04. The second-order valence-corrected chi connectivity index (χ2v) is 6.94. The first-order chi connectivity index (χ1) is 12.5. The summed E-state index contributed by atoms with van der Waals surface area (Å²) < 4.78 is 5.73. The smallest absolute Gasteiger partial charge is 0.258 e. The van der Waals surface area contributed by atoms with E-state index >= 15 is 0 Å². The fraction of sp³-hybridized carbons (Fsp3) is 0.250. The van der Waals surface area contributed by atoms with Gasteiger partial charge in [-0.3, -0.25) is 9.78 Å². The Hall–Kier alpha value is -2.73. The first-order valence-corrected chi connectivity index (χ1v) is 9.24. The summed E-state index contributed by atoms with van der Waals surface area (Å²) in [5, 5.41) is 5.62. The van der Waals surface area contributed by atoms with Crippen LogP contribution in [0.3, 0.4) is 0 Å². The van der Waals surface area contributed by atoms with E-state index in [4.69, 9.17) is 4.74 Å². The molecule has 0 aliphatic carbocycles. The predicted molar refractivity (Wildman–Crippen MR) is 103 cm³/mol. The number of pyridine rings is 1. The molecule has 3 aromatic rings. The van der Waals surface area contributed by atoms with Crippen LogP contribution in [0.5, 0.6) is 5.75 Å². The van der Waals surface area contributed by atoms with Gasteiger partial charge < -0.3 is 10.1 Å². The molecule has 0 radical (unpaired) electrons. The quantitative estimate of drug-likeness (QED) is 0.719. The number of carbonyl (C=O) groups excluding carboxylic acids is 1. The van der Waals surface area contributed by atoms with Gasteiger partial charge in [-0.2, -0.15) is 0 Å². The Kier molecular flexibility index (Phi) is 5.63. The average molecular weight is 367 g/mol. The molecule has 0 unspecified atom stereocenters. The van der Waals surface area contributed by atoms with Gasteiger partial charge in [0.1, 0.15) is 10.8 Å². The van der Waals surface area contributed by atoms with Crippen LogP contribution in [0.1, 0.15) is 22.4 Å². The normalized spacial score (nSPS) is 10.6. The molecule has 0 atom stereocenters. The molecule has 2 heterocycles. The number of aromatic nitrogens is 2. The molecule has 3 rings (SSSR count). The summed E-state index contributed by atoms with van der Waals surface area (Å²) in [6.45, 7) is 6.38. The van der Waals surface area contributed by atoms with Gasteiger partial charge in [0.25, 0.3) is 5.91 Å². The maximum absolute atomic E-state index is 12.1. The van der Waals surface area contributed by atoms with Crippen LogP contribution in [-0.2, 0) is 11.3 Å². The van der Waals surface area contributed by atoms with Crippen LogP contribution < -0.4 is 10.1 Å². The number of aryl methyl sites for hydroxylation is 2. The number of amides is 1. The van der Waals surface area contributed by atoms with Crippen molar-refractivity contribution in [3.05, 3.63) is 64.3 Å². The topological polar surface area (TPSA) is 64.1 Å². The number of benzene rings is 1. The third-order valence-electron chi connectivity index (χ3n) is 4.12. The highest BCUT2D eigenvalue weighted by atomic mass is 32.1. The van der Waals surface area contributed by atoms with Crippen molar-refractivity contribution in [1.82, 2.24) is 15.3 Å². The van der Waals surface area contributed by atoms with Crippen molar-refractivity contribution in [3.63, 3.8) is 0 Å². The van der Waals surface area contributed by atoms with Gasteiger partial charge in [0.2, 0.25) is 0 Å². The number of rotatable bonds is 6. The molecule has 1 N–H and O–H groups in total. The number of nitrogens with zero attached hydrogens (tertiary/aromatic N) is 2. The van der Waals surface area contributed by atoms with Crippen LogP contribution in [0.25, 0.3) is 10.7 Å². The molecule has 2 aromatic heterocycles. The van der Waals surface area contributed by atoms with Crippen molar-refractivity contribution in [3.8, 4) is 16.5 Å². The van der Waals surface area contributed by atoms with Gasteiger partial charge in [0, 0.05) is 11.6 Å². The molecule has 0 aliphatic rings. The minimum absolute atomic E-state index is 0.0115. The van der Waals surface area contributed by atoms with Crippen molar-refractivity contribution < 1.29 is 9.53 Å². The van der Waals surface area contributed by atoms with Crippen molar-refractivity contribution in [2.24, 2.45) is 0 Å². The van der Waals surface area contributed by atoms with Crippen molar-refractivity contribution in [2.45, 2.75) is 27.3 Å². The molecular formula is C20H21N3O2S. The lowest BCUT2D eigenvalue weighted by atomic mass is 10.1. The first-order valence-electron chi connectivity index (χ1n) is 8.36. The van der Waals surface area contributed by atoms with Crippen LogP contribution >= 0.6 is 11.3 Å². The Labute approximate surface area is 157 Å². The second-order valence-electron chi connectivity index (χ2n) is 6.08. The Morgan fingerprint density at radius 3 is 2.73 bits per heavy atom. The SMILES string of the molecule is Cc1ccc(C)c(OCC(=O)NCc2csc(-c3ccccn3)n2)c1C. The average Bonchev–Trinajstić information content (AvgIpc) is 3.13. The van der Waals surface area contributed by atoms with E-state index in [9.17, 15) is 4.79 Å². The van der Waals surface area contributed by atoms with Gasteiger partial charge >= 0.3 is 0 Å². The van der Waals surface area contributed by atoms with E-state index in [0.717, 1.165) is 38.8 Å². The van der Waals surface area contributed by atoms with Crippen molar-refractivity contribution in [2.75, 3.05) is 6.61 Å². The van der Waals surface area contributed by atoms with E-state index in [1.807, 2.05) is 50.4 Å². The summed E-state index contributed by atoms with van der Waals surface area (Å²) in [6.07, 6.45) is 1.74. The van der Waals surface area contributed by atoms with Gasteiger partial charge in [0.15, 0.2) is 6.61 Å². The van der Waals surface area contributed by atoms with Crippen LogP contribution in [0.4, 0.5) is 0 Å². The minimum Gasteiger partial charge on any atom is -0.483 e. The molecule has 0 saturated heterocycles. The summed E-state index contributed by atoms with van der Waals surface area (Å²) in [4.78, 5) is 20.9. The van der Waals surface area contributed by atoms with Gasteiger partial charge in [-0.15, -0.1) is 11.3 Å². The van der Waals surface area contributed by atoms with Gasteiger partial charge in [0.05, 0.1) is 17.9 Å². The zero-order valence-corrected chi connectivity index (χ0v) is 15.9.